The number of carbonyl (C=O) groups is 1. The monoisotopic (exact) mass is 417 g/mol. The maximum atomic E-state index is 12.7. The molecule has 0 aromatic carbocycles. The van der Waals surface area contributed by atoms with E-state index in [1.54, 1.807) is 24.7 Å². The summed E-state index contributed by atoms with van der Waals surface area (Å²) in [4.78, 5) is 41.2. The van der Waals surface area contributed by atoms with Gasteiger partial charge < -0.3 is 15.1 Å². The molecule has 1 aliphatic rings. The summed E-state index contributed by atoms with van der Waals surface area (Å²) in [6.45, 7) is 4.10. The Bertz CT molecular complexity index is 1190. The number of aromatic nitrogens is 3. The number of hydrogen-bond acceptors (Lipinski definition) is 6. The maximum absolute atomic E-state index is 12.7. The molecule has 0 saturated carbocycles. The number of aryl methyl sites for hydroxylation is 2. The molecule has 3 aromatic heterocycles. The third-order valence-electron chi connectivity index (χ3n) is 5.24. The molecule has 8 nitrogen and oxygen atoms in total. The van der Waals surface area contributed by atoms with E-state index in [1.165, 1.54) is 6.20 Å². The molecule has 1 amide bonds. The molecule has 3 aromatic rings. The average molecular weight is 417 g/mol. The van der Waals surface area contributed by atoms with E-state index in [0.29, 0.717) is 30.5 Å². The van der Waals surface area contributed by atoms with Gasteiger partial charge in [0.05, 0.1) is 17.8 Å². The Morgan fingerprint density at radius 2 is 2.00 bits per heavy atom. The highest BCUT2D eigenvalue weighted by Crippen LogP contribution is 2.22. The number of rotatable bonds is 6. The van der Waals surface area contributed by atoms with Gasteiger partial charge in [-0.1, -0.05) is 12.1 Å². The Labute approximate surface area is 179 Å². The predicted octanol–water partition coefficient (Wildman–Crippen LogP) is 2.63. The quantitative estimate of drug-likeness (QED) is 0.641. The molecule has 0 spiro atoms. The summed E-state index contributed by atoms with van der Waals surface area (Å²) in [6, 6.07) is 7.39. The lowest BCUT2D eigenvalue weighted by atomic mass is 10.0. The maximum Gasteiger partial charge on any atom is 0.252 e. The first-order chi connectivity index (χ1) is 15.0. The van der Waals surface area contributed by atoms with Crippen molar-refractivity contribution < 1.29 is 9.63 Å². The Hall–Kier alpha value is -3.81. The van der Waals surface area contributed by atoms with Gasteiger partial charge in [0.1, 0.15) is 6.10 Å². The molecule has 4 rings (SSSR count). The zero-order valence-corrected chi connectivity index (χ0v) is 17.4. The van der Waals surface area contributed by atoms with Crippen LogP contribution in [-0.4, -0.2) is 39.2 Å². The van der Waals surface area contributed by atoms with Crippen LogP contribution in [0.1, 0.15) is 40.5 Å². The van der Waals surface area contributed by atoms with Crippen LogP contribution in [0.2, 0.25) is 0 Å². The Balaban J connectivity index is 1.42. The van der Waals surface area contributed by atoms with Gasteiger partial charge in [-0.05, 0) is 37.6 Å². The molecule has 2 N–H and O–H groups in total. The van der Waals surface area contributed by atoms with Gasteiger partial charge in [0.25, 0.3) is 11.5 Å². The van der Waals surface area contributed by atoms with E-state index in [4.69, 9.17) is 4.84 Å². The number of aromatic amines is 1. The number of carbonyl (C=O) groups excluding carboxylic acids is 1. The molecule has 0 bridgehead atoms. The van der Waals surface area contributed by atoms with Gasteiger partial charge >= 0.3 is 0 Å². The van der Waals surface area contributed by atoms with Gasteiger partial charge in [-0.2, -0.15) is 0 Å². The first-order valence-electron chi connectivity index (χ1n) is 10.1. The van der Waals surface area contributed by atoms with Crippen molar-refractivity contribution in [3.05, 3.63) is 81.8 Å². The van der Waals surface area contributed by atoms with E-state index in [9.17, 15) is 9.59 Å². The summed E-state index contributed by atoms with van der Waals surface area (Å²) >= 11 is 0. The highest BCUT2D eigenvalue weighted by Gasteiger charge is 2.23. The molecular formula is C23H23N5O3. The largest absolute Gasteiger partial charge is 0.390 e. The van der Waals surface area contributed by atoms with Gasteiger partial charge in [-0.15, -0.1) is 0 Å². The fourth-order valence-electron chi connectivity index (χ4n) is 3.50. The first kappa shape index (κ1) is 20.5. The SMILES string of the molecule is CCc1cc(-c2cncc(C(=O)NCC3CC(c4ccncc4)=NO3)c2)c(C)[nH]c1=O. The topological polar surface area (TPSA) is 109 Å². The molecule has 4 heterocycles. The standard InChI is InChI=1S/C23H23N5O3/c1-3-15-9-20(14(2)27-23(15)30)17-8-18(12-25-11-17)22(29)26-13-19-10-21(28-31-19)16-4-6-24-7-5-16/h4-9,11-12,19H,3,10,13H2,1-2H3,(H,26,29)(H,27,30). The van der Waals surface area contributed by atoms with E-state index in [0.717, 1.165) is 28.1 Å². The van der Waals surface area contributed by atoms with Crippen LogP contribution in [0, 0.1) is 6.92 Å². The number of nitrogens with zero attached hydrogens (tertiary/aromatic N) is 3. The van der Waals surface area contributed by atoms with Crippen LogP contribution >= 0.6 is 0 Å². The summed E-state index contributed by atoms with van der Waals surface area (Å²) in [5.74, 6) is -0.242. The van der Waals surface area contributed by atoms with Crippen LogP contribution in [0.25, 0.3) is 11.1 Å². The summed E-state index contributed by atoms with van der Waals surface area (Å²) in [5, 5.41) is 7.01. The zero-order valence-electron chi connectivity index (χ0n) is 17.4. The number of hydrogen-bond donors (Lipinski definition) is 2. The normalized spacial score (nSPS) is 15.3. The number of nitrogens with one attached hydrogen (secondary N) is 2. The highest BCUT2D eigenvalue weighted by atomic mass is 16.6. The van der Waals surface area contributed by atoms with Crippen molar-refractivity contribution >= 4 is 11.6 Å². The smallest absolute Gasteiger partial charge is 0.252 e. The second kappa shape index (κ2) is 8.91. The van der Waals surface area contributed by atoms with Crippen LogP contribution in [0.5, 0.6) is 0 Å². The average Bonchev–Trinajstić information content (AvgIpc) is 3.27. The Morgan fingerprint density at radius 1 is 1.19 bits per heavy atom. The second-order valence-corrected chi connectivity index (χ2v) is 7.39. The zero-order chi connectivity index (χ0) is 21.8. The van der Waals surface area contributed by atoms with E-state index in [2.05, 4.69) is 25.4 Å². The van der Waals surface area contributed by atoms with Gasteiger partial charge in [0.15, 0.2) is 0 Å². The van der Waals surface area contributed by atoms with Crippen molar-refractivity contribution in [2.45, 2.75) is 32.8 Å². The summed E-state index contributed by atoms with van der Waals surface area (Å²) in [6.07, 6.45) is 7.64. The van der Waals surface area contributed by atoms with E-state index < -0.39 is 0 Å². The van der Waals surface area contributed by atoms with Gasteiger partial charge in [0.2, 0.25) is 0 Å². The number of pyridine rings is 3. The molecule has 1 unspecified atom stereocenters. The van der Waals surface area contributed by atoms with Crippen LogP contribution in [-0.2, 0) is 11.3 Å². The summed E-state index contributed by atoms with van der Waals surface area (Å²) in [5.41, 5.74) is 5.21. The van der Waals surface area contributed by atoms with E-state index >= 15 is 0 Å². The minimum Gasteiger partial charge on any atom is -0.390 e. The fraction of sp³-hybridized carbons (Fsp3) is 0.261. The van der Waals surface area contributed by atoms with Crippen molar-refractivity contribution in [1.82, 2.24) is 20.3 Å². The lowest BCUT2D eigenvalue weighted by Gasteiger charge is -2.11. The molecular weight excluding hydrogens is 394 g/mol. The van der Waals surface area contributed by atoms with Crippen LogP contribution in [0.15, 0.2) is 59.0 Å². The summed E-state index contributed by atoms with van der Waals surface area (Å²) < 4.78 is 0. The molecule has 8 heteroatoms. The van der Waals surface area contributed by atoms with E-state index in [1.807, 2.05) is 32.0 Å². The van der Waals surface area contributed by atoms with E-state index in [-0.39, 0.29) is 17.6 Å². The number of H-pyrrole nitrogens is 1. The lowest BCUT2D eigenvalue weighted by Crippen LogP contribution is -2.32. The molecule has 1 atom stereocenters. The van der Waals surface area contributed by atoms with Crippen LogP contribution in [0.4, 0.5) is 0 Å². The molecule has 0 aliphatic carbocycles. The van der Waals surface area contributed by atoms with Crippen molar-refractivity contribution in [2.75, 3.05) is 6.54 Å². The Morgan fingerprint density at radius 3 is 2.77 bits per heavy atom. The fourth-order valence-corrected chi connectivity index (χ4v) is 3.50. The number of amides is 1. The molecule has 0 saturated heterocycles. The van der Waals surface area contributed by atoms with Gasteiger partial charge in [-0.3, -0.25) is 19.6 Å². The van der Waals surface area contributed by atoms with Crippen LogP contribution < -0.4 is 10.9 Å². The molecule has 0 fully saturated rings. The highest BCUT2D eigenvalue weighted by molar-refractivity contribution is 6.01. The minimum atomic E-state index is -0.242. The van der Waals surface area contributed by atoms with Crippen molar-refractivity contribution in [2.24, 2.45) is 5.16 Å². The third-order valence-corrected chi connectivity index (χ3v) is 5.24. The lowest BCUT2D eigenvalue weighted by molar-refractivity contribution is 0.0753. The molecule has 31 heavy (non-hydrogen) atoms. The van der Waals surface area contributed by atoms with Crippen LogP contribution in [0.3, 0.4) is 0 Å². The third kappa shape index (κ3) is 4.53. The summed E-state index contributed by atoms with van der Waals surface area (Å²) in [7, 11) is 0. The minimum absolute atomic E-state index is 0.0875. The molecule has 0 radical (unpaired) electrons. The van der Waals surface area contributed by atoms with Gasteiger partial charge in [0, 0.05) is 59.2 Å². The Kier molecular flexibility index (Phi) is 5.88. The number of oxime groups is 1. The van der Waals surface area contributed by atoms with Crippen molar-refractivity contribution in [3.63, 3.8) is 0 Å². The predicted molar refractivity (Wildman–Crippen MR) is 117 cm³/mol. The van der Waals surface area contributed by atoms with Crippen molar-refractivity contribution in [1.29, 1.82) is 0 Å². The first-order valence-corrected chi connectivity index (χ1v) is 10.1. The van der Waals surface area contributed by atoms with Crippen molar-refractivity contribution in [3.8, 4) is 11.1 Å². The van der Waals surface area contributed by atoms with Gasteiger partial charge in [-0.25, -0.2) is 0 Å². The molecule has 158 valence electrons. The molecule has 1 aliphatic heterocycles. The second-order valence-electron chi connectivity index (χ2n) is 7.39.